The molecule has 4 saturated carbocycles. The summed E-state index contributed by atoms with van der Waals surface area (Å²) in [6.07, 6.45) is 11.7. The van der Waals surface area contributed by atoms with Crippen LogP contribution in [0.4, 0.5) is 0 Å². The normalized spacial score (nSPS) is 20.8. The van der Waals surface area contributed by atoms with E-state index in [1.807, 2.05) is 24.3 Å². The van der Waals surface area contributed by atoms with E-state index in [4.69, 9.17) is 23.2 Å². The second-order valence-electron chi connectivity index (χ2n) is 19.7. The summed E-state index contributed by atoms with van der Waals surface area (Å²) in [6, 6.07) is 35.9. The summed E-state index contributed by atoms with van der Waals surface area (Å²) >= 11 is 11.0. The van der Waals surface area contributed by atoms with Crippen molar-refractivity contribution in [3.05, 3.63) is 157 Å². The van der Waals surface area contributed by atoms with E-state index in [0.717, 1.165) is 34.2 Å². The van der Waals surface area contributed by atoms with E-state index in [1.165, 1.54) is 56.5 Å². The summed E-state index contributed by atoms with van der Waals surface area (Å²) in [4.78, 5) is 0. The Kier molecular flexibility index (Phi) is 15.7. The van der Waals surface area contributed by atoms with Gasteiger partial charge in [0.1, 0.15) is 0 Å². The molecule has 4 bridgehead atoms. The van der Waals surface area contributed by atoms with Gasteiger partial charge < -0.3 is 0 Å². The van der Waals surface area contributed by atoms with Gasteiger partial charge in [0.25, 0.3) is 0 Å². The molecule has 5 heteroatoms. The Morgan fingerprint density at radius 3 is 1.67 bits per heavy atom. The van der Waals surface area contributed by atoms with Gasteiger partial charge in [0, 0.05) is 0 Å². The average molecular weight is 932 g/mol. The van der Waals surface area contributed by atoms with Crippen LogP contribution in [0, 0.1) is 43.1 Å². The van der Waals surface area contributed by atoms with Gasteiger partial charge in [0.15, 0.2) is 0 Å². The third-order valence-electron chi connectivity index (χ3n) is 12.8. The monoisotopic (exact) mass is 928 g/mol. The zero-order valence-corrected chi connectivity index (χ0v) is 41.4. The molecule has 0 atom stereocenters. The summed E-state index contributed by atoms with van der Waals surface area (Å²) in [5.41, 5.74) is 16.6. The molecule has 0 heterocycles. The zero-order chi connectivity index (χ0) is 39.8. The summed E-state index contributed by atoms with van der Waals surface area (Å²) in [7, 11) is 0. The van der Waals surface area contributed by atoms with Crippen molar-refractivity contribution in [3.8, 4) is 11.1 Å². The van der Waals surface area contributed by atoms with E-state index in [0.29, 0.717) is 5.41 Å². The Morgan fingerprint density at radius 1 is 0.690 bits per heavy atom. The van der Waals surface area contributed by atoms with E-state index in [2.05, 4.69) is 136 Å². The SMILES string of the molecule is CC(C)(C)c1[c-]c2c(cc1)-c1ccc(C(C)(C)C)cc1C2.Cc1cc(CC23CC4CC(CC(C4)C2)C3)c(C)[cH-]1.Cl.Cl.Clc1ccc([CH]=[Zr]=[CH]c2ccc(Cl)cc2)cc1. The first-order valence-electron chi connectivity index (χ1n) is 20.9. The Bertz CT molecular complexity index is 2070. The first-order valence-corrected chi connectivity index (χ1v) is 24.5. The van der Waals surface area contributed by atoms with Crippen molar-refractivity contribution < 1.29 is 22.3 Å². The van der Waals surface area contributed by atoms with Crippen LogP contribution in [-0.4, -0.2) is 7.42 Å². The summed E-state index contributed by atoms with van der Waals surface area (Å²) in [6.45, 7) is 18.2. The molecular formula is C53H62Cl4Zr-2. The second-order valence-corrected chi connectivity index (χ2v) is 22.8. The first-order chi connectivity index (χ1) is 26.5. The standard InChI is InChI=1S/C21H25.C18H25.2C7H5Cl.2ClH.Zr/c1-20(2,3)16-7-9-18-14(12-16)11-15-13-17(21(4,5)6)8-10-19(15)18;1-12-3-13(2)17(4-12)11-18-8-14-5-15(9-18)7-16(6-14)10-18;2*1-6-2-4-7(8)5-3-6;;;/h7-10,12H,11H2,1-6H3;3-4,14-16H,5-11H2,1-2H3;2*1-5H;2*1H;/q2*-1;;;;;. The van der Waals surface area contributed by atoms with Gasteiger partial charge in [-0.2, -0.15) is 46.5 Å². The fraction of sp³-hybridized carbons (Fsp3) is 0.415. The van der Waals surface area contributed by atoms with Crippen molar-refractivity contribution in [2.75, 3.05) is 0 Å². The molecule has 5 aliphatic carbocycles. The van der Waals surface area contributed by atoms with E-state index < -0.39 is 22.3 Å². The molecule has 0 unspecified atom stereocenters. The fourth-order valence-corrected chi connectivity index (χ4v) is 12.7. The van der Waals surface area contributed by atoms with Crippen LogP contribution in [-0.2, 0) is 45.9 Å². The molecule has 0 radical (unpaired) electrons. The van der Waals surface area contributed by atoms with Crippen LogP contribution in [0.3, 0.4) is 0 Å². The van der Waals surface area contributed by atoms with Crippen LogP contribution in [0.2, 0.25) is 10.0 Å². The van der Waals surface area contributed by atoms with E-state index >= 15 is 0 Å². The van der Waals surface area contributed by atoms with Gasteiger partial charge in [0.05, 0.1) is 0 Å². The molecule has 0 N–H and O–H groups in total. The predicted octanol–water partition coefficient (Wildman–Crippen LogP) is 15.4. The first kappa shape index (κ1) is 47.1. The van der Waals surface area contributed by atoms with Gasteiger partial charge >= 0.3 is 123 Å². The summed E-state index contributed by atoms with van der Waals surface area (Å²) in [5.74, 6) is 3.27. The van der Waals surface area contributed by atoms with Crippen molar-refractivity contribution in [1.82, 2.24) is 0 Å². The second kappa shape index (κ2) is 19.4. The van der Waals surface area contributed by atoms with Crippen LogP contribution >= 0.6 is 48.0 Å². The molecule has 308 valence electrons. The van der Waals surface area contributed by atoms with Crippen molar-refractivity contribution in [3.63, 3.8) is 0 Å². The molecule has 10 rings (SSSR count). The Morgan fingerprint density at radius 2 is 1.21 bits per heavy atom. The molecule has 5 aliphatic rings. The van der Waals surface area contributed by atoms with Crippen LogP contribution in [0.1, 0.15) is 130 Å². The van der Waals surface area contributed by atoms with Crippen LogP contribution in [0.5, 0.6) is 0 Å². The number of hydrogen-bond acceptors (Lipinski definition) is 0. The summed E-state index contributed by atoms with van der Waals surface area (Å²) < 4.78 is 4.66. The molecule has 58 heavy (non-hydrogen) atoms. The average Bonchev–Trinajstić information content (AvgIpc) is 3.65. The number of aryl methyl sites for hydroxylation is 2. The van der Waals surface area contributed by atoms with Crippen molar-refractivity contribution in [1.29, 1.82) is 0 Å². The zero-order valence-electron chi connectivity index (χ0n) is 35.8. The van der Waals surface area contributed by atoms with E-state index in [9.17, 15) is 0 Å². The number of rotatable bonds is 4. The minimum atomic E-state index is -0.623. The molecule has 0 aliphatic heterocycles. The molecule has 4 fully saturated rings. The van der Waals surface area contributed by atoms with Gasteiger partial charge in [-0.1, -0.05) is 85.6 Å². The van der Waals surface area contributed by atoms with E-state index in [1.54, 1.807) is 49.7 Å². The molecule has 0 aromatic heterocycles. The van der Waals surface area contributed by atoms with Crippen LogP contribution in [0.15, 0.2) is 91.0 Å². The molecule has 0 saturated heterocycles. The minimum absolute atomic E-state index is 0. The van der Waals surface area contributed by atoms with E-state index in [-0.39, 0.29) is 35.6 Å². The quantitative estimate of drug-likeness (QED) is 0.155. The third kappa shape index (κ3) is 11.7. The predicted molar refractivity (Wildman–Crippen MR) is 254 cm³/mol. The van der Waals surface area contributed by atoms with Gasteiger partial charge in [-0.3, -0.25) is 0 Å². The number of fused-ring (bicyclic) bond motifs is 3. The topological polar surface area (TPSA) is 0 Å². The summed E-state index contributed by atoms with van der Waals surface area (Å²) in [5, 5.41) is 1.57. The van der Waals surface area contributed by atoms with Crippen molar-refractivity contribution in [2.24, 2.45) is 23.2 Å². The maximum absolute atomic E-state index is 5.84. The Balaban J connectivity index is 0.000000164. The molecule has 0 amide bonds. The van der Waals surface area contributed by atoms with Gasteiger partial charge in [0.2, 0.25) is 0 Å². The van der Waals surface area contributed by atoms with Gasteiger partial charge in [-0.15, -0.1) is 35.9 Å². The molecular weight excluding hydrogens is 870 g/mol. The fourth-order valence-electron chi connectivity index (χ4n) is 10.3. The van der Waals surface area contributed by atoms with Gasteiger partial charge in [-0.25, -0.2) is 6.07 Å². The number of hydrogen-bond donors (Lipinski definition) is 0. The van der Waals surface area contributed by atoms with Crippen LogP contribution in [0.25, 0.3) is 11.1 Å². The third-order valence-corrected chi connectivity index (χ3v) is 15.7. The molecule has 0 nitrogen and oxygen atoms in total. The maximum atomic E-state index is 5.84. The Hall–Kier alpha value is -1.99. The molecule has 5 aromatic rings. The molecule has 0 spiro atoms. The van der Waals surface area contributed by atoms with Crippen LogP contribution < -0.4 is 0 Å². The van der Waals surface area contributed by atoms with Crippen molar-refractivity contribution >= 4 is 55.4 Å². The number of benzene rings is 4. The Labute approximate surface area is 383 Å². The molecule has 5 aromatic carbocycles. The van der Waals surface area contributed by atoms with Crippen molar-refractivity contribution in [2.45, 2.75) is 118 Å². The van der Waals surface area contributed by atoms with Gasteiger partial charge in [-0.05, 0) is 90.1 Å². The number of halogens is 4.